The molecule has 16 heavy (non-hydrogen) atoms. The molecule has 0 radical (unpaired) electrons. The smallest absolute Gasteiger partial charge is 0.263 e. The van der Waals surface area contributed by atoms with Crippen molar-refractivity contribution in [3.63, 3.8) is 0 Å². The average molecular weight is 244 g/mol. The second-order valence-electron chi connectivity index (χ2n) is 3.42. The normalized spacial score (nSPS) is 11.7. The number of aryl methyl sites for hydroxylation is 1. The van der Waals surface area contributed by atoms with Crippen molar-refractivity contribution in [1.82, 2.24) is 0 Å². The van der Waals surface area contributed by atoms with Crippen LogP contribution in [0.25, 0.3) is 0 Å². The maximum absolute atomic E-state index is 12.2. The lowest BCUT2D eigenvalue weighted by Gasteiger charge is -2.13. The number of benzene rings is 1. The molecule has 0 bridgehead atoms. The molecule has 1 aromatic rings. The minimum atomic E-state index is -3.08. The fourth-order valence-electron chi connectivity index (χ4n) is 1.31. The Hall–Kier alpha value is -0.670. The Morgan fingerprint density at radius 2 is 1.62 bits per heavy atom. The van der Waals surface area contributed by atoms with Gasteiger partial charge in [0.25, 0.3) is 0 Å². The molecule has 0 aliphatic rings. The van der Waals surface area contributed by atoms with E-state index in [1.165, 1.54) is 5.56 Å². The van der Waals surface area contributed by atoms with Crippen molar-refractivity contribution < 1.29 is 18.7 Å². The summed E-state index contributed by atoms with van der Waals surface area (Å²) in [5.74, 6) is 0. The van der Waals surface area contributed by atoms with Crippen LogP contribution < -0.4 is 5.09 Å². The van der Waals surface area contributed by atoms with E-state index in [4.69, 9.17) is 9.05 Å². The first-order valence-electron chi connectivity index (χ1n) is 5.41. The Kier molecular flexibility index (Phi) is 5.16. The molecule has 0 aliphatic heterocycles. The molecule has 0 saturated carbocycles. The molecule has 0 atom stereocenters. The lowest BCUT2D eigenvalue weighted by Crippen LogP contribution is -2.73. The molecular formula is C11H19NO3P+. The van der Waals surface area contributed by atoms with Crippen molar-refractivity contribution in [3.8, 4) is 0 Å². The van der Waals surface area contributed by atoms with Gasteiger partial charge in [-0.25, -0.2) is 9.65 Å². The van der Waals surface area contributed by atoms with Gasteiger partial charge in [0, 0.05) is 0 Å². The SMILES string of the molecule is CCOP(=O)([NH2+]c1ccc(C)cc1)OCC. The van der Waals surface area contributed by atoms with Gasteiger partial charge in [0.1, 0.15) is 5.69 Å². The second-order valence-corrected chi connectivity index (χ2v) is 5.27. The van der Waals surface area contributed by atoms with Gasteiger partial charge >= 0.3 is 7.75 Å². The monoisotopic (exact) mass is 244 g/mol. The summed E-state index contributed by atoms with van der Waals surface area (Å²) in [6, 6.07) is 7.74. The molecule has 0 aliphatic carbocycles. The Labute approximate surface area is 96.6 Å². The first kappa shape index (κ1) is 13.4. The Bertz CT molecular complexity index is 354. The predicted octanol–water partition coefficient (Wildman–Crippen LogP) is 2.37. The highest BCUT2D eigenvalue weighted by molar-refractivity contribution is 7.46. The lowest BCUT2D eigenvalue weighted by atomic mass is 10.2. The van der Waals surface area contributed by atoms with E-state index in [2.05, 4.69) is 0 Å². The third-order valence-electron chi connectivity index (χ3n) is 2.00. The van der Waals surface area contributed by atoms with Crippen molar-refractivity contribution in [2.75, 3.05) is 13.2 Å². The first-order chi connectivity index (χ1) is 7.59. The van der Waals surface area contributed by atoms with Crippen molar-refractivity contribution in [2.24, 2.45) is 0 Å². The molecule has 0 heterocycles. The van der Waals surface area contributed by atoms with Crippen LogP contribution >= 0.6 is 7.75 Å². The third kappa shape index (κ3) is 4.06. The van der Waals surface area contributed by atoms with E-state index in [9.17, 15) is 4.57 Å². The van der Waals surface area contributed by atoms with E-state index in [1.807, 2.05) is 31.2 Å². The molecule has 4 nitrogen and oxygen atoms in total. The summed E-state index contributed by atoms with van der Waals surface area (Å²) in [7, 11) is -3.08. The minimum absolute atomic E-state index is 0.375. The summed E-state index contributed by atoms with van der Waals surface area (Å²) >= 11 is 0. The summed E-state index contributed by atoms with van der Waals surface area (Å²) in [5.41, 5.74) is 2.02. The van der Waals surface area contributed by atoms with Gasteiger partial charge in [0.2, 0.25) is 0 Å². The molecule has 2 N–H and O–H groups in total. The molecule has 0 saturated heterocycles. The molecule has 90 valence electrons. The standard InChI is InChI=1S/C11H18NO3P/c1-4-14-16(13,15-5-2)12-11-8-6-10(3)7-9-11/h6-9H,4-5H2,1-3H3,(H,12,13)/p+1. The third-order valence-corrected chi connectivity index (χ3v) is 3.85. The van der Waals surface area contributed by atoms with Crippen LogP contribution in [0.4, 0.5) is 5.69 Å². The summed E-state index contributed by atoms with van der Waals surface area (Å²) in [6.07, 6.45) is 0. The second kappa shape index (κ2) is 6.16. The molecular weight excluding hydrogens is 225 g/mol. The number of nitrogens with two attached hydrogens (primary N) is 1. The van der Waals surface area contributed by atoms with E-state index < -0.39 is 7.75 Å². The zero-order valence-corrected chi connectivity index (χ0v) is 10.9. The van der Waals surface area contributed by atoms with Crippen LogP contribution in [0.2, 0.25) is 0 Å². The van der Waals surface area contributed by atoms with Crippen LogP contribution in [-0.2, 0) is 13.6 Å². The molecule has 5 heteroatoms. The van der Waals surface area contributed by atoms with E-state index >= 15 is 0 Å². The van der Waals surface area contributed by atoms with Crippen LogP contribution in [0, 0.1) is 6.92 Å². The summed E-state index contributed by atoms with van der Waals surface area (Å²) in [6.45, 7) is 6.36. The van der Waals surface area contributed by atoms with E-state index in [-0.39, 0.29) is 0 Å². The fraction of sp³-hybridized carbons (Fsp3) is 0.455. The van der Waals surface area contributed by atoms with Crippen molar-refractivity contribution in [2.45, 2.75) is 20.8 Å². The maximum Gasteiger partial charge on any atom is 0.533 e. The van der Waals surface area contributed by atoms with Crippen LogP contribution in [0.5, 0.6) is 0 Å². The van der Waals surface area contributed by atoms with Crippen LogP contribution in [0.15, 0.2) is 24.3 Å². The predicted molar refractivity (Wildman–Crippen MR) is 63.6 cm³/mol. The Morgan fingerprint density at radius 1 is 1.12 bits per heavy atom. The van der Waals surface area contributed by atoms with Gasteiger partial charge in [0.15, 0.2) is 0 Å². The van der Waals surface area contributed by atoms with Crippen LogP contribution in [0.1, 0.15) is 19.4 Å². The Balaban J connectivity index is 2.75. The van der Waals surface area contributed by atoms with Gasteiger partial charge in [-0.15, -0.1) is 0 Å². The first-order valence-corrected chi connectivity index (χ1v) is 7.02. The summed E-state index contributed by atoms with van der Waals surface area (Å²) in [5, 5.41) is 1.57. The number of quaternary nitrogens is 1. The summed E-state index contributed by atoms with van der Waals surface area (Å²) in [4.78, 5) is 0. The minimum Gasteiger partial charge on any atom is -0.263 e. The van der Waals surface area contributed by atoms with Gasteiger partial charge in [0.05, 0.1) is 13.2 Å². The fourth-order valence-corrected chi connectivity index (χ4v) is 2.79. The topological polar surface area (TPSA) is 52.1 Å². The van der Waals surface area contributed by atoms with Gasteiger partial charge in [-0.3, -0.25) is 9.05 Å². The number of hydrogen-bond donors (Lipinski definition) is 1. The molecule has 0 aromatic heterocycles. The van der Waals surface area contributed by atoms with Gasteiger partial charge in [-0.05, 0) is 32.9 Å². The van der Waals surface area contributed by atoms with Gasteiger partial charge in [-0.2, -0.15) is 0 Å². The molecule has 0 amide bonds. The quantitative estimate of drug-likeness (QED) is 0.617. The largest absolute Gasteiger partial charge is 0.533 e. The highest BCUT2D eigenvalue weighted by Crippen LogP contribution is 2.37. The molecule has 0 fully saturated rings. The van der Waals surface area contributed by atoms with Gasteiger partial charge in [-0.1, -0.05) is 17.7 Å². The van der Waals surface area contributed by atoms with E-state index in [0.717, 1.165) is 5.69 Å². The van der Waals surface area contributed by atoms with Crippen molar-refractivity contribution >= 4 is 13.4 Å². The highest BCUT2D eigenvalue weighted by atomic mass is 31.2. The Morgan fingerprint density at radius 3 is 2.06 bits per heavy atom. The maximum atomic E-state index is 12.2. The zero-order chi connectivity index (χ0) is 12.0. The van der Waals surface area contributed by atoms with Crippen molar-refractivity contribution in [1.29, 1.82) is 0 Å². The highest BCUT2D eigenvalue weighted by Gasteiger charge is 2.29. The molecule has 0 unspecified atom stereocenters. The molecule has 1 aromatic carbocycles. The lowest BCUT2D eigenvalue weighted by molar-refractivity contribution is -0.434. The average Bonchev–Trinajstić information content (AvgIpc) is 2.22. The van der Waals surface area contributed by atoms with E-state index in [1.54, 1.807) is 18.9 Å². The van der Waals surface area contributed by atoms with Crippen molar-refractivity contribution in [3.05, 3.63) is 29.8 Å². The zero-order valence-electron chi connectivity index (χ0n) is 9.97. The molecule has 1 rings (SSSR count). The summed E-state index contributed by atoms with van der Waals surface area (Å²) < 4.78 is 22.5. The van der Waals surface area contributed by atoms with Crippen LogP contribution in [-0.4, -0.2) is 13.2 Å². The number of rotatable bonds is 6. The van der Waals surface area contributed by atoms with E-state index in [0.29, 0.717) is 13.2 Å². The number of hydrogen-bond acceptors (Lipinski definition) is 3. The van der Waals surface area contributed by atoms with Crippen LogP contribution in [0.3, 0.4) is 0 Å². The van der Waals surface area contributed by atoms with Gasteiger partial charge < -0.3 is 0 Å². The molecule has 0 spiro atoms.